The summed E-state index contributed by atoms with van der Waals surface area (Å²) in [6.07, 6.45) is 4.39. The first-order valence-corrected chi connectivity index (χ1v) is 4.64. The standard InChI is InChI=1S/C11H10N4O/c12-7-1-2-10(15-5-7)11(16)8-6-14-4-3-9(8)13/h1-6H,12H2,(H2,13,14). The first-order valence-electron chi connectivity index (χ1n) is 4.64. The van der Waals surface area contributed by atoms with Gasteiger partial charge in [0.25, 0.3) is 0 Å². The fourth-order valence-corrected chi connectivity index (χ4v) is 1.27. The van der Waals surface area contributed by atoms with Gasteiger partial charge < -0.3 is 11.5 Å². The molecule has 16 heavy (non-hydrogen) atoms. The van der Waals surface area contributed by atoms with Gasteiger partial charge in [0.15, 0.2) is 0 Å². The summed E-state index contributed by atoms with van der Waals surface area (Å²) < 4.78 is 0. The second-order valence-electron chi connectivity index (χ2n) is 3.27. The molecule has 2 aromatic rings. The predicted octanol–water partition coefficient (Wildman–Crippen LogP) is 0.872. The molecule has 2 aromatic heterocycles. The summed E-state index contributed by atoms with van der Waals surface area (Å²) in [5.74, 6) is -0.259. The van der Waals surface area contributed by atoms with Crippen molar-refractivity contribution in [2.75, 3.05) is 11.5 Å². The number of ketones is 1. The Balaban J connectivity index is 2.40. The van der Waals surface area contributed by atoms with Crippen LogP contribution in [0.4, 0.5) is 11.4 Å². The molecular formula is C11H10N4O. The van der Waals surface area contributed by atoms with Crippen molar-refractivity contribution in [2.24, 2.45) is 0 Å². The summed E-state index contributed by atoms with van der Waals surface area (Å²) in [6, 6.07) is 4.75. The zero-order chi connectivity index (χ0) is 11.5. The van der Waals surface area contributed by atoms with Gasteiger partial charge in [-0.2, -0.15) is 0 Å². The molecule has 4 N–H and O–H groups in total. The molecule has 0 aromatic carbocycles. The van der Waals surface area contributed by atoms with E-state index in [0.29, 0.717) is 22.6 Å². The Kier molecular flexibility index (Phi) is 2.51. The summed E-state index contributed by atoms with van der Waals surface area (Å²) in [5.41, 5.74) is 12.7. The van der Waals surface area contributed by atoms with Crippen LogP contribution >= 0.6 is 0 Å². The van der Waals surface area contributed by atoms with Crippen LogP contribution in [0.25, 0.3) is 0 Å². The second kappa shape index (κ2) is 3.98. The van der Waals surface area contributed by atoms with Crippen LogP contribution in [0, 0.1) is 0 Å². The molecule has 0 spiro atoms. The number of anilines is 2. The molecule has 0 bridgehead atoms. The summed E-state index contributed by atoms with van der Waals surface area (Å²) in [6.45, 7) is 0. The van der Waals surface area contributed by atoms with E-state index >= 15 is 0 Å². The second-order valence-corrected chi connectivity index (χ2v) is 3.27. The van der Waals surface area contributed by atoms with Gasteiger partial charge in [-0.3, -0.25) is 14.8 Å². The van der Waals surface area contributed by atoms with Gasteiger partial charge in [-0.05, 0) is 18.2 Å². The number of hydrogen-bond acceptors (Lipinski definition) is 5. The van der Waals surface area contributed by atoms with Crippen LogP contribution in [-0.4, -0.2) is 15.8 Å². The van der Waals surface area contributed by atoms with Crippen LogP contribution in [-0.2, 0) is 0 Å². The molecular weight excluding hydrogens is 204 g/mol. The van der Waals surface area contributed by atoms with E-state index < -0.39 is 0 Å². The number of aromatic nitrogens is 2. The molecule has 0 amide bonds. The quantitative estimate of drug-likeness (QED) is 0.723. The van der Waals surface area contributed by atoms with Crippen LogP contribution in [0.3, 0.4) is 0 Å². The summed E-state index contributed by atoms with van der Waals surface area (Å²) in [5, 5.41) is 0. The fraction of sp³-hybridized carbons (Fsp3) is 0. The summed E-state index contributed by atoms with van der Waals surface area (Å²) in [7, 11) is 0. The topological polar surface area (TPSA) is 94.9 Å². The van der Waals surface area contributed by atoms with E-state index in [0.717, 1.165) is 0 Å². The first-order chi connectivity index (χ1) is 7.68. The van der Waals surface area contributed by atoms with Crippen molar-refractivity contribution in [1.29, 1.82) is 0 Å². The third-order valence-corrected chi connectivity index (χ3v) is 2.12. The Bertz CT molecular complexity index is 522. The number of nitrogen functional groups attached to an aromatic ring is 2. The minimum absolute atomic E-state index is 0.259. The summed E-state index contributed by atoms with van der Waals surface area (Å²) in [4.78, 5) is 19.7. The molecule has 5 nitrogen and oxygen atoms in total. The van der Waals surface area contributed by atoms with Crippen LogP contribution in [0.15, 0.2) is 36.8 Å². The van der Waals surface area contributed by atoms with Crippen LogP contribution in [0.2, 0.25) is 0 Å². The maximum atomic E-state index is 12.0. The Labute approximate surface area is 92.1 Å². The van der Waals surface area contributed by atoms with Crippen LogP contribution < -0.4 is 11.5 Å². The van der Waals surface area contributed by atoms with Crippen LogP contribution in [0.1, 0.15) is 16.1 Å². The molecule has 0 saturated carbocycles. The number of nitrogens with two attached hydrogens (primary N) is 2. The smallest absolute Gasteiger partial charge is 0.214 e. The molecule has 0 aliphatic rings. The Morgan fingerprint density at radius 1 is 1.12 bits per heavy atom. The Hall–Kier alpha value is -2.43. The number of hydrogen-bond donors (Lipinski definition) is 2. The third kappa shape index (κ3) is 1.83. The number of carbonyl (C=O) groups is 1. The number of nitrogens with zero attached hydrogens (tertiary/aromatic N) is 2. The molecule has 0 fully saturated rings. The minimum Gasteiger partial charge on any atom is -0.398 e. The average molecular weight is 214 g/mol. The molecule has 2 rings (SSSR count). The van der Waals surface area contributed by atoms with Crippen molar-refractivity contribution in [3.63, 3.8) is 0 Å². The lowest BCUT2D eigenvalue weighted by Crippen LogP contribution is -2.07. The molecule has 5 heteroatoms. The highest BCUT2D eigenvalue weighted by Gasteiger charge is 2.13. The molecule has 0 aliphatic heterocycles. The first kappa shape index (κ1) is 10.1. The van der Waals surface area contributed by atoms with E-state index in [1.165, 1.54) is 18.6 Å². The normalized spacial score (nSPS) is 10.0. The number of carbonyl (C=O) groups excluding carboxylic acids is 1. The zero-order valence-electron chi connectivity index (χ0n) is 8.42. The molecule has 2 heterocycles. The van der Waals surface area contributed by atoms with Gasteiger partial charge in [0.05, 0.1) is 17.4 Å². The van der Waals surface area contributed by atoms with E-state index in [4.69, 9.17) is 11.5 Å². The molecule has 80 valence electrons. The van der Waals surface area contributed by atoms with E-state index in [1.54, 1.807) is 18.2 Å². The maximum Gasteiger partial charge on any atom is 0.214 e. The highest BCUT2D eigenvalue weighted by atomic mass is 16.1. The molecule has 0 atom stereocenters. The van der Waals surface area contributed by atoms with E-state index in [2.05, 4.69) is 9.97 Å². The van der Waals surface area contributed by atoms with E-state index in [9.17, 15) is 4.79 Å². The Morgan fingerprint density at radius 3 is 2.56 bits per heavy atom. The monoisotopic (exact) mass is 214 g/mol. The lowest BCUT2D eigenvalue weighted by Gasteiger charge is -2.03. The predicted molar refractivity (Wildman–Crippen MR) is 60.7 cm³/mol. The van der Waals surface area contributed by atoms with Crippen molar-refractivity contribution in [3.05, 3.63) is 48.0 Å². The molecule has 0 aliphatic carbocycles. The van der Waals surface area contributed by atoms with Gasteiger partial charge in [-0.1, -0.05) is 0 Å². The molecule has 0 unspecified atom stereocenters. The van der Waals surface area contributed by atoms with Crippen molar-refractivity contribution in [3.8, 4) is 0 Å². The Morgan fingerprint density at radius 2 is 1.94 bits per heavy atom. The van der Waals surface area contributed by atoms with E-state index in [1.807, 2.05) is 0 Å². The van der Waals surface area contributed by atoms with Gasteiger partial charge in [0.2, 0.25) is 5.78 Å². The van der Waals surface area contributed by atoms with Gasteiger partial charge in [-0.15, -0.1) is 0 Å². The van der Waals surface area contributed by atoms with E-state index in [-0.39, 0.29) is 5.78 Å². The fourth-order valence-electron chi connectivity index (χ4n) is 1.27. The van der Waals surface area contributed by atoms with Crippen LogP contribution in [0.5, 0.6) is 0 Å². The van der Waals surface area contributed by atoms with Crippen molar-refractivity contribution in [2.45, 2.75) is 0 Å². The van der Waals surface area contributed by atoms with Crippen molar-refractivity contribution >= 4 is 17.2 Å². The van der Waals surface area contributed by atoms with Gasteiger partial charge in [0, 0.05) is 18.1 Å². The number of rotatable bonds is 2. The third-order valence-electron chi connectivity index (χ3n) is 2.12. The zero-order valence-corrected chi connectivity index (χ0v) is 8.42. The molecule has 0 saturated heterocycles. The van der Waals surface area contributed by atoms with Crippen molar-refractivity contribution in [1.82, 2.24) is 9.97 Å². The number of pyridine rings is 2. The highest BCUT2D eigenvalue weighted by molar-refractivity contribution is 6.10. The maximum absolute atomic E-state index is 12.0. The minimum atomic E-state index is -0.259. The lowest BCUT2D eigenvalue weighted by atomic mass is 10.1. The largest absolute Gasteiger partial charge is 0.398 e. The van der Waals surface area contributed by atoms with Gasteiger partial charge in [-0.25, -0.2) is 0 Å². The van der Waals surface area contributed by atoms with Gasteiger partial charge in [0.1, 0.15) is 5.69 Å². The molecule has 0 radical (unpaired) electrons. The SMILES string of the molecule is Nc1ccc(C(=O)c2cnccc2N)nc1. The lowest BCUT2D eigenvalue weighted by molar-refractivity contribution is 0.103. The van der Waals surface area contributed by atoms with Crippen molar-refractivity contribution < 1.29 is 4.79 Å². The summed E-state index contributed by atoms with van der Waals surface area (Å²) >= 11 is 0. The highest BCUT2D eigenvalue weighted by Crippen LogP contribution is 2.14. The van der Waals surface area contributed by atoms with Gasteiger partial charge >= 0.3 is 0 Å². The average Bonchev–Trinajstić information content (AvgIpc) is 2.30.